The minimum atomic E-state index is -4.46. The van der Waals surface area contributed by atoms with Crippen LogP contribution in [-0.2, 0) is 11.2 Å². The Kier molecular flexibility index (Phi) is 8.55. The first-order chi connectivity index (χ1) is 16.7. The average Bonchev–Trinajstić information content (AvgIpc) is 2.82. The normalized spacial score (nSPS) is 10.9. The zero-order valence-corrected chi connectivity index (χ0v) is 18.8. The largest absolute Gasteiger partial charge is 0.493 e. The van der Waals surface area contributed by atoms with Gasteiger partial charge in [0.1, 0.15) is 0 Å². The maximum atomic E-state index is 12.4. The molecule has 0 fully saturated rings. The number of amides is 3. The van der Waals surface area contributed by atoms with E-state index in [0.29, 0.717) is 29.0 Å². The summed E-state index contributed by atoms with van der Waals surface area (Å²) in [5.41, 5.74) is 2.34. The third kappa shape index (κ3) is 8.58. The fourth-order valence-electron chi connectivity index (χ4n) is 3.12. The maximum absolute atomic E-state index is 12.4. The Bertz CT molecular complexity index is 1150. The SMILES string of the molecule is COc1cc(CCC(=O)Nc2cccc(NC(=O)Nc3ccccc3)c2)ccc1OCC(F)(F)F. The highest BCUT2D eigenvalue weighted by molar-refractivity contribution is 6.00. The van der Waals surface area contributed by atoms with Gasteiger partial charge in [-0.25, -0.2) is 4.79 Å². The maximum Gasteiger partial charge on any atom is 0.422 e. The molecule has 0 spiro atoms. The van der Waals surface area contributed by atoms with Crippen molar-refractivity contribution in [2.75, 3.05) is 29.7 Å². The van der Waals surface area contributed by atoms with E-state index in [1.165, 1.54) is 19.2 Å². The van der Waals surface area contributed by atoms with Gasteiger partial charge in [-0.15, -0.1) is 0 Å². The van der Waals surface area contributed by atoms with Crippen LogP contribution in [0.15, 0.2) is 72.8 Å². The summed E-state index contributed by atoms with van der Waals surface area (Å²) in [5, 5.41) is 8.17. The first kappa shape index (κ1) is 25.4. The molecule has 0 aromatic heterocycles. The third-order valence-electron chi connectivity index (χ3n) is 4.70. The van der Waals surface area contributed by atoms with Crippen molar-refractivity contribution < 1.29 is 32.2 Å². The Hall–Kier alpha value is -4.21. The second-order valence-electron chi connectivity index (χ2n) is 7.46. The van der Waals surface area contributed by atoms with Crippen molar-refractivity contribution >= 4 is 29.0 Å². The zero-order chi connectivity index (χ0) is 25.3. The monoisotopic (exact) mass is 487 g/mol. The number of alkyl halides is 3. The fraction of sp³-hybridized carbons (Fsp3) is 0.200. The number of anilines is 3. The molecule has 0 aliphatic heterocycles. The van der Waals surface area contributed by atoms with Crippen molar-refractivity contribution in [1.29, 1.82) is 0 Å². The summed E-state index contributed by atoms with van der Waals surface area (Å²) in [4.78, 5) is 24.6. The van der Waals surface area contributed by atoms with Gasteiger partial charge in [-0.05, 0) is 54.4 Å². The van der Waals surface area contributed by atoms with Crippen LogP contribution in [0.5, 0.6) is 11.5 Å². The number of nitrogens with one attached hydrogen (secondary N) is 3. The number of urea groups is 1. The van der Waals surface area contributed by atoms with Crippen LogP contribution >= 0.6 is 0 Å². The number of halogens is 3. The van der Waals surface area contributed by atoms with Gasteiger partial charge in [0.2, 0.25) is 5.91 Å². The van der Waals surface area contributed by atoms with Crippen molar-refractivity contribution in [3.63, 3.8) is 0 Å². The topological polar surface area (TPSA) is 88.7 Å². The molecular formula is C25H24F3N3O4. The minimum Gasteiger partial charge on any atom is -0.493 e. The molecule has 0 saturated heterocycles. The van der Waals surface area contributed by atoms with E-state index in [9.17, 15) is 22.8 Å². The van der Waals surface area contributed by atoms with Crippen molar-refractivity contribution in [2.24, 2.45) is 0 Å². The van der Waals surface area contributed by atoms with Crippen molar-refractivity contribution in [3.05, 3.63) is 78.4 Å². The Morgan fingerprint density at radius 2 is 1.46 bits per heavy atom. The van der Waals surface area contributed by atoms with Crippen LogP contribution < -0.4 is 25.4 Å². The van der Waals surface area contributed by atoms with E-state index >= 15 is 0 Å². The number of methoxy groups -OCH3 is 1. The predicted molar refractivity (Wildman–Crippen MR) is 127 cm³/mol. The lowest BCUT2D eigenvalue weighted by atomic mass is 10.1. The van der Waals surface area contributed by atoms with Gasteiger partial charge in [0.05, 0.1) is 7.11 Å². The quantitative estimate of drug-likeness (QED) is 0.353. The molecule has 3 rings (SSSR count). The molecule has 0 bridgehead atoms. The lowest BCUT2D eigenvalue weighted by Gasteiger charge is -2.13. The first-order valence-electron chi connectivity index (χ1n) is 10.6. The van der Waals surface area contributed by atoms with Crippen LogP contribution in [0.4, 0.5) is 35.0 Å². The van der Waals surface area contributed by atoms with Crippen molar-refractivity contribution in [2.45, 2.75) is 19.0 Å². The van der Waals surface area contributed by atoms with Gasteiger partial charge in [0, 0.05) is 23.5 Å². The second kappa shape index (κ2) is 11.8. The van der Waals surface area contributed by atoms with E-state index in [4.69, 9.17) is 9.47 Å². The minimum absolute atomic E-state index is 0.0290. The average molecular weight is 487 g/mol. The van der Waals surface area contributed by atoms with E-state index < -0.39 is 18.8 Å². The van der Waals surface area contributed by atoms with Crippen LogP contribution in [0, 0.1) is 0 Å². The molecule has 0 aliphatic carbocycles. The Morgan fingerprint density at radius 1 is 0.800 bits per heavy atom. The molecule has 10 heteroatoms. The number of benzene rings is 3. The Morgan fingerprint density at radius 3 is 2.14 bits per heavy atom. The molecule has 3 aromatic rings. The molecule has 184 valence electrons. The Labute approximate surface area is 200 Å². The molecule has 0 radical (unpaired) electrons. The van der Waals surface area contributed by atoms with Gasteiger partial charge in [-0.1, -0.05) is 30.3 Å². The summed E-state index contributed by atoms with van der Waals surface area (Å²) in [6.45, 7) is -1.42. The molecule has 3 N–H and O–H groups in total. The number of hydrogen-bond acceptors (Lipinski definition) is 4. The van der Waals surface area contributed by atoms with E-state index in [1.54, 1.807) is 54.6 Å². The predicted octanol–water partition coefficient (Wildman–Crippen LogP) is 5.85. The molecule has 3 aromatic carbocycles. The van der Waals surface area contributed by atoms with E-state index in [2.05, 4.69) is 16.0 Å². The molecule has 7 nitrogen and oxygen atoms in total. The molecule has 35 heavy (non-hydrogen) atoms. The molecule has 0 atom stereocenters. The number of ether oxygens (including phenoxy) is 2. The van der Waals surface area contributed by atoms with Gasteiger partial charge in [-0.2, -0.15) is 13.2 Å². The van der Waals surface area contributed by atoms with Gasteiger partial charge < -0.3 is 25.4 Å². The van der Waals surface area contributed by atoms with Crippen LogP contribution in [-0.4, -0.2) is 31.8 Å². The highest BCUT2D eigenvalue weighted by Gasteiger charge is 2.29. The zero-order valence-electron chi connectivity index (χ0n) is 18.8. The summed E-state index contributed by atoms with van der Waals surface area (Å²) in [7, 11) is 1.33. The van der Waals surface area contributed by atoms with Crippen LogP contribution in [0.25, 0.3) is 0 Å². The molecule has 0 aliphatic rings. The van der Waals surface area contributed by atoms with Crippen LogP contribution in [0.1, 0.15) is 12.0 Å². The highest BCUT2D eigenvalue weighted by Crippen LogP contribution is 2.30. The molecule has 0 unspecified atom stereocenters. The Balaban J connectivity index is 1.52. The molecule has 0 saturated carbocycles. The van der Waals surface area contributed by atoms with Gasteiger partial charge in [0.25, 0.3) is 0 Å². The molecule has 3 amide bonds. The fourth-order valence-corrected chi connectivity index (χ4v) is 3.12. The number of aryl methyl sites for hydroxylation is 1. The van der Waals surface area contributed by atoms with Gasteiger partial charge >= 0.3 is 12.2 Å². The number of carbonyl (C=O) groups excluding carboxylic acids is 2. The van der Waals surface area contributed by atoms with Gasteiger partial charge in [-0.3, -0.25) is 4.79 Å². The van der Waals surface area contributed by atoms with Crippen LogP contribution in [0.3, 0.4) is 0 Å². The second-order valence-corrected chi connectivity index (χ2v) is 7.46. The summed E-state index contributed by atoms with van der Waals surface area (Å²) in [6.07, 6.45) is -4.00. The first-order valence-corrected chi connectivity index (χ1v) is 10.6. The third-order valence-corrected chi connectivity index (χ3v) is 4.70. The standard InChI is InChI=1S/C25H24F3N3O4/c1-34-22-14-17(10-12-21(22)35-16-25(26,27)28)11-13-23(32)29-19-8-5-9-20(15-19)31-24(33)30-18-6-3-2-4-7-18/h2-10,12,14-15H,11,13,16H2,1H3,(H,29,32)(H2,30,31,33). The van der Waals surface area contributed by atoms with E-state index in [-0.39, 0.29) is 23.8 Å². The molecular weight excluding hydrogens is 463 g/mol. The highest BCUT2D eigenvalue weighted by atomic mass is 19.4. The van der Waals surface area contributed by atoms with Crippen molar-refractivity contribution in [1.82, 2.24) is 0 Å². The van der Waals surface area contributed by atoms with Crippen LogP contribution in [0.2, 0.25) is 0 Å². The van der Waals surface area contributed by atoms with E-state index in [0.717, 1.165) is 0 Å². The number of para-hydroxylation sites is 1. The van der Waals surface area contributed by atoms with Gasteiger partial charge in [0.15, 0.2) is 18.1 Å². The smallest absolute Gasteiger partial charge is 0.422 e. The summed E-state index contributed by atoms with van der Waals surface area (Å²) >= 11 is 0. The lowest BCUT2D eigenvalue weighted by molar-refractivity contribution is -0.153. The lowest BCUT2D eigenvalue weighted by Crippen LogP contribution is -2.19. The number of rotatable bonds is 9. The summed E-state index contributed by atoms with van der Waals surface area (Å²) in [5.74, 6) is -0.148. The van der Waals surface area contributed by atoms with E-state index in [1.807, 2.05) is 6.07 Å². The number of carbonyl (C=O) groups is 2. The summed E-state index contributed by atoms with van der Waals surface area (Å²) in [6, 6.07) is 19.7. The molecule has 0 heterocycles. The number of hydrogen-bond donors (Lipinski definition) is 3. The summed E-state index contributed by atoms with van der Waals surface area (Å²) < 4.78 is 47.0. The van der Waals surface area contributed by atoms with Crippen molar-refractivity contribution in [3.8, 4) is 11.5 Å².